The normalized spacial score (nSPS) is 21.6. The molecule has 1 N–H and O–H groups in total. The van der Waals surface area contributed by atoms with Crippen molar-refractivity contribution in [3.63, 3.8) is 0 Å². The summed E-state index contributed by atoms with van der Waals surface area (Å²) >= 11 is 1.78. The molecule has 1 aliphatic heterocycles. The van der Waals surface area contributed by atoms with Crippen LogP contribution in [-0.4, -0.2) is 24.2 Å². The van der Waals surface area contributed by atoms with E-state index in [1.165, 1.54) is 24.0 Å². The van der Waals surface area contributed by atoms with E-state index in [2.05, 4.69) is 30.4 Å². The SMILES string of the molecule is CC(NCC1CCCCO1)c1nc2ccccc2s1. The van der Waals surface area contributed by atoms with Gasteiger partial charge in [0.15, 0.2) is 0 Å². The van der Waals surface area contributed by atoms with Crippen molar-refractivity contribution >= 4 is 21.6 Å². The summed E-state index contributed by atoms with van der Waals surface area (Å²) in [5.41, 5.74) is 1.10. The summed E-state index contributed by atoms with van der Waals surface area (Å²) in [7, 11) is 0. The van der Waals surface area contributed by atoms with Crippen LogP contribution < -0.4 is 5.32 Å². The largest absolute Gasteiger partial charge is 0.377 e. The Labute approximate surface area is 118 Å². The van der Waals surface area contributed by atoms with Gasteiger partial charge in [-0.15, -0.1) is 11.3 Å². The predicted octanol–water partition coefficient (Wildman–Crippen LogP) is 3.52. The van der Waals surface area contributed by atoms with E-state index in [4.69, 9.17) is 9.72 Å². The Morgan fingerprint density at radius 1 is 1.42 bits per heavy atom. The van der Waals surface area contributed by atoms with Crippen molar-refractivity contribution in [3.8, 4) is 0 Å². The molecule has 2 heterocycles. The maximum Gasteiger partial charge on any atom is 0.111 e. The number of ether oxygens (including phenoxy) is 1. The molecule has 19 heavy (non-hydrogen) atoms. The smallest absolute Gasteiger partial charge is 0.111 e. The summed E-state index contributed by atoms with van der Waals surface area (Å²) in [6.45, 7) is 4.03. The fraction of sp³-hybridized carbons (Fsp3) is 0.533. The highest BCUT2D eigenvalue weighted by atomic mass is 32.1. The van der Waals surface area contributed by atoms with Gasteiger partial charge >= 0.3 is 0 Å². The second-order valence-corrected chi connectivity index (χ2v) is 6.20. The van der Waals surface area contributed by atoms with Gasteiger partial charge in [-0.05, 0) is 38.3 Å². The molecule has 1 saturated heterocycles. The molecule has 1 aromatic carbocycles. The lowest BCUT2D eigenvalue weighted by molar-refractivity contribution is 0.0156. The Hall–Kier alpha value is -0.970. The van der Waals surface area contributed by atoms with Crippen LogP contribution in [0.15, 0.2) is 24.3 Å². The van der Waals surface area contributed by atoms with Crippen LogP contribution in [0.1, 0.15) is 37.2 Å². The second-order valence-electron chi connectivity index (χ2n) is 5.14. The first-order chi connectivity index (χ1) is 9.33. The van der Waals surface area contributed by atoms with Crippen molar-refractivity contribution < 1.29 is 4.74 Å². The van der Waals surface area contributed by atoms with Gasteiger partial charge in [-0.25, -0.2) is 4.98 Å². The monoisotopic (exact) mass is 276 g/mol. The van der Waals surface area contributed by atoms with Crippen molar-refractivity contribution in [2.24, 2.45) is 0 Å². The summed E-state index contributed by atoms with van der Waals surface area (Å²) in [5.74, 6) is 0. The average molecular weight is 276 g/mol. The molecule has 1 fully saturated rings. The lowest BCUT2D eigenvalue weighted by Crippen LogP contribution is -2.33. The quantitative estimate of drug-likeness (QED) is 0.928. The maximum atomic E-state index is 5.74. The molecular weight excluding hydrogens is 256 g/mol. The van der Waals surface area contributed by atoms with E-state index < -0.39 is 0 Å². The van der Waals surface area contributed by atoms with Crippen LogP contribution in [0.2, 0.25) is 0 Å². The number of hydrogen-bond donors (Lipinski definition) is 1. The zero-order chi connectivity index (χ0) is 13.1. The third kappa shape index (κ3) is 3.14. The first kappa shape index (κ1) is 13.0. The van der Waals surface area contributed by atoms with E-state index in [1.807, 2.05) is 6.07 Å². The Kier molecular flexibility index (Phi) is 4.11. The standard InChI is InChI=1S/C15H20N2OS/c1-11(16-10-12-6-4-5-9-18-12)15-17-13-7-2-3-8-14(13)19-15/h2-3,7-8,11-12,16H,4-6,9-10H2,1H3. The minimum absolute atomic E-state index is 0.294. The van der Waals surface area contributed by atoms with E-state index in [1.54, 1.807) is 11.3 Å². The van der Waals surface area contributed by atoms with Gasteiger partial charge in [0, 0.05) is 13.2 Å². The molecule has 1 aromatic heterocycles. The molecule has 2 unspecified atom stereocenters. The molecule has 0 aliphatic carbocycles. The zero-order valence-electron chi connectivity index (χ0n) is 11.3. The van der Waals surface area contributed by atoms with E-state index in [0.717, 1.165) is 23.7 Å². The molecule has 0 bridgehead atoms. The molecule has 2 atom stereocenters. The summed E-state index contributed by atoms with van der Waals surface area (Å²) < 4.78 is 7.01. The molecule has 4 heteroatoms. The fourth-order valence-corrected chi connectivity index (χ4v) is 3.43. The number of nitrogens with one attached hydrogen (secondary N) is 1. The van der Waals surface area contributed by atoms with Crippen LogP contribution >= 0.6 is 11.3 Å². The first-order valence-corrected chi connectivity index (χ1v) is 7.85. The van der Waals surface area contributed by atoms with E-state index in [9.17, 15) is 0 Å². The van der Waals surface area contributed by atoms with Gasteiger partial charge in [-0.1, -0.05) is 12.1 Å². The van der Waals surface area contributed by atoms with Crippen molar-refractivity contribution in [3.05, 3.63) is 29.3 Å². The summed E-state index contributed by atoms with van der Waals surface area (Å²) in [6.07, 6.45) is 4.07. The topological polar surface area (TPSA) is 34.1 Å². The highest BCUT2D eigenvalue weighted by Gasteiger charge is 2.16. The Balaban J connectivity index is 1.61. The third-order valence-corrected chi connectivity index (χ3v) is 4.83. The number of para-hydroxylation sites is 1. The number of nitrogens with zero attached hydrogens (tertiary/aromatic N) is 1. The number of rotatable bonds is 4. The number of thiazole rings is 1. The third-order valence-electron chi connectivity index (χ3n) is 3.61. The van der Waals surface area contributed by atoms with Crippen molar-refractivity contribution in [1.82, 2.24) is 10.3 Å². The number of benzene rings is 1. The second kappa shape index (κ2) is 5.99. The lowest BCUT2D eigenvalue weighted by atomic mass is 10.1. The highest BCUT2D eigenvalue weighted by molar-refractivity contribution is 7.18. The molecule has 0 saturated carbocycles. The molecule has 0 radical (unpaired) electrons. The van der Waals surface area contributed by atoms with Crippen LogP contribution in [0, 0.1) is 0 Å². The number of fused-ring (bicyclic) bond motifs is 1. The van der Waals surface area contributed by atoms with Gasteiger partial charge in [-0.3, -0.25) is 0 Å². The van der Waals surface area contributed by atoms with Gasteiger partial charge in [0.1, 0.15) is 5.01 Å². The number of hydrogen-bond acceptors (Lipinski definition) is 4. The van der Waals surface area contributed by atoms with Gasteiger partial charge in [0.05, 0.1) is 22.4 Å². The van der Waals surface area contributed by atoms with E-state index in [-0.39, 0.29) is 0 Å². The van der Waals surface area contributed by atoms with E-state index in [0.29, 0.717) is 12.1 Å². The summed E-state index contributed by atoms with van der Waals surface area (Å²) in [6, 6.07) is 8.61. The average Bonchev–Trinajstić information content (AvgIpc) is 2.90. The molecule has 3 rings (SSSR count). The van der Waals surface area contributed by atoms with Gasteiger partial charge in [0.25, 0.3) is 0 Å². The Bertz CT molecular complexity index is 501. The molecule has 1 aliphatic rings. The van der Waals surface area contributed by atoms with Crippen LogP contribution in [0.4, 0.5) is 0 Å². The fourth-order valence-electron chi connectivity index (χ4n) is 2.44. The number of aromatic nitrogens is 1. The van der Waals surface area contributed by atoms with Crippen LogP contribution in [0.25, 0.3) is 10.2 Å². The first-order valence-electron chi connectivity index (χ1n) is 7.03. The van der Waals surface area contributed by atoms with E-state index >= 15 is 0 Å². The zero-order valence-corrected chi connectivity index (χ0v) is 12.1. The van der Waals surface area contributed by atoms with Gasteiger partial charge in [0.2, 0.25) is 0 Å². The van der Waals surface area contributed by atoms with Crippen LogP contribution in [0.3, 0.4) is 0 Å². The van der Waals surface area contributed by atoms with Crippen molar-refractivity contribution in [2.75, 3.05) is 13.2 Å². The highest BCUT2D eigenvalue weighted by Crippen LogP contribution is 2.26. The maximum absolute atomic E-state index is 5.74. The lowest BCUT2D eigenvalue weighted by Gasteiger charge is -2.24. The van der Waals surface area contributed by atoms with Crippen LogP contribution in [-0.2, 0) is 4.74 Å². The molecular formula is C15H20N2OS. The Morgan fingerprint density at radius 3 is 3.11 bits per heavy atom. The molecule has 3 nitrogen and oxygen atoms in total. The molecule has 0 amide bonds. The summed E-state index contributed by atoms with van der Waals surface area (Å²) in [4.78, 5) is 4.69. The molecule has 0 spiro atoms. The molecule has 102 valence electrons. The Morgan fingerprint density at radius 2 is 2.32 bits per heavy atom. The van der Waals surface area contributed by atoms with Gasteiger partial charge in [-0.2, -0.15) is 0 Å². The van der Waals surface area contributed by atoms with Crippen molar-refractivity contribution in [1.29, 1.82) is 0 Å². The minimum atomic E-state index is 0.294. The summed E-state index contributed by atoms with van der Waals surface area (Å²) in [5, 5.41) is 4.72. The molecule has 2 aromatic rings. The van der Waals surface area contributed by atoms with Crippen molar-refractivity contribution in [2.45, 2.75) is 38.3 Å². The van der Waals surface area contributed by atoms with Crippen LogP contribution in [0.5, 0.6) is 0 Å². The van der Waals surface area contributed by atoms with Gasteiger partial charge < -0.3 is 10.1 Å². The predicted molar refractivity (Wildman–Crippen MR) is 79.6 cm³/mol. The minimum Gasteiger partial charge on any atom is -0.377 e.